The van der Waals surface area contributed by atoms with E-state index in [1.807, 2.05) is 42.1 Å². The number of carbonyl (C=O) groups excluding carboxylic acids is 1. The highest BCUT2D eigenvalue weighted by Gasteiger charge is 2.25. The van der Waals surface area contributed by atoms with Gasteiger partial charge in [-0.05, 0) is 24.3 Å². The van der Waals surface area contributed by atoms with Gasteiger partial charge in [-0.15, -0.1) is 0 Å². The molecule has 0 aromatic carbocycles. The number of piperidine rings is 1. The van der Waals surface area contributed by atoms with Gasteiger partial charge in [-0.3, -0.25) is 9.78 Å². The van der Waals surface area contributed by atoms with Crippen LogP contribution < -0.4 is 9.64 Å². The molecule has 0 bridgehead atoms. The Bertz CT molecular complexity index is 682. The van der Waals surface area contributed by atoms with Crippen molar-refractivity contribution in [3.05, 3.63) is 48.4 Å². The lowest BCUT2D eigenvalue weighted by Gasteiger charge is -2.32. The van der Waals surface area contributed by atoms with Crippen LogP contribution in [0.5, 0.6) is 5.75 Å². The number of carbonyl (C=O) groups is 1. The molecule has 0 radical (unpaired) electrons. The Kier molecular flexibility index (Phi) is 4.93. The molecule has 3 rings (SSSR count). The average Bonchev–Trinajstić information content (AvgIpc) is 2.63. The number of nitrogens with zero attached hydrogens (tertiary/aromatic N) is 4. The zero-order chi connectivity index (χ0) is 16.9. The summed E-state index contributed by atoms with van der Waals surface area (Å²) in [6, 6.07) is 7.37. The van der Waals surface area contributed by atoms with E-state index in [9.17, 15) is 4.79 Å². The van der Waals surface area contributed by atoms with E-state index in [-0.39, 0.29) is 12.0 Å². The summed E-state index contributed by atoms with van der Waals surface area (Å²) in [5.41, 5.74) is 0.681. The molecule has 3 heterocycles. The maximum absolute atomic E-state index is 12.7. The molecule has 0 unspecified atom stereocenters. The van der Waals surface area contributed by atoms with Crippen LogP contribution in [0.1, 0.15) is 23.2 Å². The van der Waals surface area contributed by atoms with Crippen molar-refractivity contribution in [2.75, 3.05) is 32.1 Å². The van der Waals surface area contributed by atoms with Crippen LogP contribution >= 0.6 is 0 Å². The molecule has 0 N–H and O–H groups in total. The van der Waals surface area contributed by atoms with Gasteiger partial charge in [0.25, 0.3) is 5.91 Å². The number of hydrogen-bond acceptors (Lipinski definition) is 5. The van der Waals surface area contributed by atoms with Gasteiger partial charge in [-0.2, -0.15) is 0 Å². The zero-order valence-corrected chi connectivity index (χ0v) is 14.1. The number of pyridine rings is 2. The number of likely N-dealkylation sites (tertiary alicyclic amines) is 1. The Balaban J connectivity index is 1.58. The van der Waals surface area contributed by atoms with E-state index in [1.54, 1.807) is 24.7 Å². The van der Waals surface area contributed by atoms with Crippen LogP contribution in [0.25, 0.3) is 0 Å². The van der Waals surface area contributed by atoms with E-state index >= 15 is 0 Å². The van der Waals surface area contributed by atoms with Gasteiger partial charge in [-0.1, -0.05) is 0 Å². The number of ether oxygens (including phenoxy) is 1. The summed E-state index contributed by atoms with van der Waals surface area (Å²) < 4.78 is 5.92. The van der Waals surface area contributed by atoms with Gasteiger partial charge in [0.2, 0.25) is 0 Å². The largest absolute Gasteiger partial charge is 0.489 e. The van der Waals surface area contributed by atoms with Crippen LogP contribution in [-0.2, 0) is 0 Å². The van der Waals surface area contributed by atoms with Gasteiger partial charge in [-0.25, -0.2) is 4.98 Å². The molecular formula is C18H22N4O2. The highest BCUT2D eigenvalue weighted by molar-refractivity contribution is 5.94. The molecule has 0 spiro atoms. The van der Waals surface area contributed by atoms with Crippen LogP contribution in [0.15, 0.2) is 42.9 Å². The summed E-state index contributed by atoms with van der Waals surface area (Å²) >= 11 is 0. The third kappa shape index (κ3) is 3.82. The molecule has 2 aromatic heterocycles. The summed E-state index contributed by atoms with van der Waals surface area (Å²) in [5, 5.41) is 0. The standard InChI is InChI=1S/C18H22N4O2/c1-21(2)17-12-14(5-9-20-17)18(23)22-10-6-15(7-11-22)24-16-4-3-8-19-13-16/h3-5,8-9,12-13,15H,6-7,10-11H2,1-2H3. The number of anilines is 1. The number of amides is 1. The monoisotopic (exact) mass is 326 g/mol. The van der Waals surface area contributed by atoms with E-state index < -0.39 is 0 Å². The molecule has 1 aliphatic rings. The van der Waals surface area contributed by atoms with E-state index in [0.29, 0.717) is 18.7 Å². The van der Waals surface area contributed by atoms with Gasteiger partial charge < -0.3 is 14.5 Å². The maximum Gasteiger partial charge on any atom is 0.254 e. The molecule has 1 saturated heterocycles. The predicted octanol–water partition coefficient (Wildman–Crippen LogP) is 2.23. The highest BCUT2D eigenvalue weighted by atomic mass is 16.5. The molecule has 1 fully saturated rings. The molecular weight excluding hydrogens is 304 g/mol. The SMILES string of the molecule is CN(C)c1cc(C(=O)N2CCC(Oc3cccnc3)CC2)ccn1. The Hall–Kier alpha value is -2.63. The molecule has 1 amide bonds. The average molecular weight is 326 g/mol. The fraction of sp³-hybridized carbons (Fsp3) is 0.389. The Morgan fingerprint density at radius 2 is 2.04 bits per heavy atom. The van der Waals surface area contributed by atoms with Crippen LogP contribution in [0.2, 0.25) is 0 Å². The summed E-state index contributed by atoms with van der Waals surface area (Å²) in [4.78, 5) is 24.8. The van der Waals surface area contributed by atoms with E-state index in [0.717, 1.165) is 24.4 Å². The van der Waals surface area contributed by atoms with Crippen molar-refractivity contribution in [2.45, 2.75) is 18.9 Å². The maximum atomic E-state index is 12.7. The smallest absolute Gasteiger partial charge is 0.254 e. The van der Waals surface area contributed by atoms with E-state index in [1.165, 1.54) is 0 Å². The minimum Gasteiger partial charge on any atom is -0.489 e. The number of aromatic nitrogens is 2. The predicted molar refractivity (Wildman–Crippen MR) is 92.4 cm³/mol. The second-order valence-electron chi connectivity index (χ2n) is 6.10. The molecule has 0 atom stereocenters. The van der Waals surface area contributed by atoms with E-state index in [2.05, 4.69) is 9.97 Å². The second-order valence-corrected chi connectivity index (χ2v) is 6.10. The zero-order valence-electron chi connectivity index (χ0n) is 14.1. The molecule has 24 heavy (non-hydrogen) atoms. The van der Waals surface area contributed by atoms with Crippen molar-refractivity contribution < 1.29 is 9.53 Å². The first kappa shape index (κ1) is 16.2. The van der Waals surface area contributed by atoms with Gasteiger partial charge in [0.05, 0.1) is 6.20 Å². The summed E-state index contributed by atoms with van der Waals surface area (Å²) in [6.07, 6.45) is 6.91. The lowest BCUT2D eigenvalue weighted by Crippen LogP contribution is -2.41. The third-order valence-corrected chi connectivity index (χ3v) is 4.12. The van der Waals surface area contributed by atoms with Crippen LogP contribution in [0, 0.1) is 0 Å². The molecule has 0 saturated carbocycles. The molecule has 6 nitrogen and oxygen atoms in total. The molecule has 0 aliphatic carbocycles. The molecule has 1 aliphatic heterocycles. The van der Waals surface area contributed by atoms with Crippen molar-refractivity contribution in [3.63, 3.8) is 0 Å². The van der Waals surface area contributed by atoms with Crippen molar-refractivity contribution in [2.24, 2.45) is 0 Å². The Morgan fingerprint density at radius 3 is 2.71 bits per heavy atom. The van der Waals surface area contributed by atoms with Crippen LogP contribution in [0.4, 0.5) is 5.82 Å². The number of rotatable bonds is 4. The fourth-order valence-corrected chi connectivity index (χ4v) is 2.76. The van der Waals surface area contributed by atoms with Gasteiger partial charge in [0.15, 0.2) is 0 Å². The molecule has 2 aromatic rings. The molecule has 6 heteroatoms. The lowest BCUT2D eigenvalue weighted by molar-refractivity contribution is 0.0595. The number of hydrogen-bond donors (Lipinski definition) is 0. The van der Waals surface area contributed by atoms with Crippen molar-refractivity contribution >= 4 is 11.7 Å². The van der Waals surface area contributed by atoms with Crippen LogP contribution in [-0.4, -0.2) is 54.1 Å². The minimum atomic E-state index is 0.0559. The lowest BCUT2D eigenvalue weighted by atomic mass is 10.1. The van der Waals surface area contributed by atoms with Crippen molar-refractivity contribution in [1.82, 2.24) is 14.9 Å². The minimum absolute atomic E-state index is 0.0559. The normalized spacial score (nSPS) is 15.2. The first-order valence-corrected chi connectivity index (χ1v) is 8.13. The summed E-state index contributed by atoms with van der Waals surface area (Å²) in [5.74, 6) is 1.63. The van der Waals surface area contributed by atoms with Crippen molar-refractivity contribution in [3.8, 4) is 5.75 Å². The first-order chi connectivity index (χ1) is 11.6. The summed E-state index contributed by atoms with van der Waals surface area (Å²) in [7, 11) is 3.83. The second kappa shape index (κ2) is 7.29. The van der Waals surface area contributed by atoms with Gasteiger partial charge >= 0.3 is 0 Å². The quantitative estimate of drug-likeness (QED) is 0.862. The summed E-state index contributed by atoms with van der Waals surface area (Å²) in [6.45, 7) is 1.40. The first-order valence-electron chi connectivity index (χ1n) is 8.13. The van der Waals surface area contributed by atoms with Crippen molar-refractivity contribution in [1.29, 1.82) is 0 Å². The fourth-order valence-electron chi connectivity index (χ4n) is 2.76. The van der Waals surface area contributed by atoms with Gasteiger partial charge in [0, 0.05) is 58.0 Å². The Labute approximate surface area is 142 Å². The third-order valence-electron chi connectivity index (χ3n) is 4.12. The van der Waals surface area contributed by atoms with Gasteiger partial charge in [0.1, 0.15) is 17.7 Å². The van der Waals surface area contributed by atoms with Crippen LogP contribution in [0.3, 0.4) is 0 Å². The van der Waals surface area contributed by atoms with E-state index in [4.69, 9.17) is 4.74 Å². The molecule has 126 valence electrons. The Morgan fingerprint density at radius 1 is 1.25 bits per heavy atom. The topological polar surface area (TPSA) is 58.6 Å². The highest BCUT2D eigenvalue weighted by Crippen LogP contribution is 2.20.